The van der Waals surface area contributed by atoms with Gasteiger partial charge in [-0.15, -0.1) is 0 Å². The zero-order valence-electron chi connectivity index (χ0n) is 11.7. The number of carbonyl (C=O) groups is 1. The van der Waals surface area contributed by atoms with Gasteiger partial charge in [-0.2, -0.15) is 0 Å². The summed E-state index contributed by atoms with van der Waals surface area (Å²) in [6.07, 6.45) is 0. The van der Waals surface area contributed by atoms with Crippen molar-refractivity contribution in [1.82, 2.24) is 9.97 Å². The van der Waals surface area contributed by atoms with E-state index in [9.17, 15) is 4.79 Å². The highest BCUT2D eigenvalue weighted by Crippen LogP contribution is 2.26. The summed E-state index contributed by atoms with van der Waals surface area (Å²) in [4.78, 5) is 20.8. The lowest BCUT2D eigenvalue weighted by atomic mass is 10.2. The minimum Gasteiger partial charge on any atom is -0.373 e. The Labute approximate surface area is 126 Å². The van der Waals surface area contributed by atoms with Crippen LogP contribution in [0.5, 0.6) is 0 Å². The molecule has 1 amide bonds. The highest BCUT2D eigenvalue weighted by atomic mass is 32.1. The first-order valence-corrected chi connectivity index (χ1v) is 7.31. The number of pyridine rings is 1. The van der Waals surface area contributed by atoms with Crippen molar-refractivity contribution in [1.29, 1.82) is 0 Å². The van der Waals surface area contributed by atoms with Gasteiger partial charge in [-0.1, -0.05) is 23.5 Å². The molecule has 0 saturated carbocycles. The van der Waals surface area contributed by atoms with Gasteiger partial charge < -0.3 is 5.32 Å². The summed E-state index contributed by atoms with van der Waals surface area (Å²) in [6, 6.07) is 11.3. The molecule has 2 heterocycles. The molecular weight excluding hydrogens is 284 g/mol. The Kier molecular flexibility index (Phi) is 3.53. The fourth-order valence-electron chi connectivity index (χ4n) is 1.95. The SMILES string of the molecule is CNc1cccc(C(=O)Nc2nc3ccc(C)cc3s2)n1. The highest BCUT2D eigenvalue weighted by molar-refractivity contribution is 7.22. The van der Waals surface area contributed by atoms with Crippen molar-refractivity contribution in [2.24, 2.45) is 0 Å². The quantitative estimate of drug-likeness (QED) is 0.778. The van der Waals surface area contributed by atoms with Gasteiger partial charge in [0.1, 0.15) is 11.5 Å². The number of hydrogen-bond acceptors (Lipinski definition) is 5. The van der Waals surface area contributed by atoms with Crippen molar-refractivity contribution in [3.8, 4) is 0 Å². The zero-order valence-corrected chi connectivity index (χ0v) is 12.5. The van der Waals surface area contributed by atoms with E-state index in [4.69, 9.17) is 0 Å². The minimum atomic E-state index is -0.261. The number of aryl methyl sites for hydroxylation is 1. The lowest BCUT2D eigenvalue weighted by molar-refractivity contribution is 0.102. The van der Waals surface area contributed by atoms with Crippen LogP contribution >= 0.6 is 11.3 Å². The summed E-state index contributed by atoms with van der Waals surface area (Å²) in [5.74, 6) is 0.394. The predicted octanol–water partition coefficient (Wildman–Crippen LogP) is 3.29. The number of hydrogen-bond donors (Lipinski definition) is 2. The van der Waals surface area contributed by atoms with Crippen molar-refractivity contribution in [2.45, 2.75) is 6.92 Å². The second-order valence-electron chi connectivity index (χ2n) is 4.60. The summed E-state index contributed by atoms with van der Waals surface area (Å²) < 4.78 is 1.06. The van der Waals surface area contributed by atoms with Crippen LogP contribution in [0.4, 0.5) is 10.9 Å². The smallest absolute Gasteiger partial charge is 0.276 e. The van der Waals surface area contributed by atoms with Crippen LogP contribution in [0, 0.1) is 6.92 Å². The first-order chi connectivity index (χ1) is 10.2. The number of thiazole rings is 1. The number of aromatic nitrogens is 2. The molecule has 0 bridgehead atoms. The van der Waals surface area contributed by atoms with E-state index < -0.39 is 0 Å². The number of nitrogens with one attached hydrogen (secondary N) is 2. The fraction of sp³-hybridized carbons (Fsp3) is 0.133. The highest BCUT2D eigenvalue weighted by Gasteiger charge is 2.11. The van der Waals surface area contributed by atoms with E-state index in [-0.39, 0.29) is 5.91 Å². The van der Waals surface area contributed by atoms with Gasteiger partial charge in [0.25, 0.3) is 5.91 Å². The molecule has 0 saturated heterocycles. The summed E-state index contributed by atoms with van der Waals surface area (Å²) in [7, 11) is 1.76. The summed E-state index contributed by atoms with van der Waals surface area (Å²) >= 11 is 1.46. The van der Waals surface area contributed by atoms with Gasteiger partial charge in [-0.25, -0.2) is 9.97 Å². The van der Waals surface area contributed by atoms with E-state index >= 15 is 0 Å². The third kappa shape index (κ3) is 2.85. The van der Waals surface area contributed by atoms with Gasteiger partial charge in [0.15, 0.2) is 5.13 Å². The fourth-order valence-corrected chi connectivity index (χ4v) is 2.91. The lowest BCUT2D eigenvalue weighted by Gasteiger charge is -2.03. The summed E-state index contributed by atoms with van der Waals surface area (Å²) in [5.41, 5.74) is 2.42. The number of rotatable bonds is 3. The Balaban J connectivity index is 1.85. The number of anilines is 2. The Morgan fingerprint density at radius 3 is 2.86 bits per heavy atom. The molecule has 2 N–H and O–H groups in total. The Morgan fingerprint density at radius 2 is 2.05 bits per heavy atom. The maximum absolute atomic E-state index is 12.2. The van der Waals surface area contributed by atoms with Crippen molar-refractivity contribution in [3.05, 3.63) is 47.7 Å². The van der Waals surface area contributed by atoms with Crippen LogP contribution in [0.15, 0.2) is 36.4 Å². The van der Waals surface area contributed by atoms with E-state index in [1.807, 2.05) is 19.1 Å². The summed E-state index contributed by atoms with van der Waals surface area (Å²) in [5, 5.41) is 6.29. The lowest BCUT2D eigenvalue weighted by Crippen LogP contribution is -2.14. The van der Waals surface area contributed by atoms with Gasteiger partial charge in [0.05, 0.1) is 10.2 Å². The minimum absolute atomic E-state index is 0.261. The van der Waals surface area contributed by atoms with Crippen molar-refractivity contribution < 1.29 is 4.79 Å². The maximum Gasteiger partial charge on any atom is 0.276 e. The molecule has 0 aliphatic rings. The topological polar surface area (TPSA) is 66.9 Å². The van der Waals surface area contributed by atoms with Gasteiger partial charge in [0.2, 0.25) is 0 Å². The molecule has 0 aliphatic heterocycles. The van der Waals surface area contributed by atoms with E-state index in [0.29, 0.717) is 16.6 Å². The van der Waals surface area contributed by atoms with E-state index in [2.05, 4.69) is 26.7 Å². The molecule has 1 aromatic carbocycles. The number of carbonyl (C=O) groups excluding carboxylic acids is 1. The van der Waals surface area contributed by atoms with Crippen LogP contribution in [0.3, 0.4) is 0 Å². The Bertz CT molecular complexity index is 812. The summed E-state index contributed by atoms with van der Waals surface area (Å²) in [6.45, 7) is 2.03. The first kappa shape index (κ1) is 13.5. The molecule has 0 aliphatic carbocycles. The van der Waals surface area contributed by atoms with Gasteiger partial charge >= 0.3 is 0 Å². The van der Waals surface area contributed by atoms with Crippen molar-refractivity contribution in [2.75, 3.05) is 17.7 Å². The van der Waals surface area contributed by atoms with Crippen LogP contribution in [-0.2, 0) is 0 Å². The molecule has 3 aromatic rings. The maximum atomic E-state index is 12.2. The second-order valence-corrected chi connectivity index (χ2v) is 5.63. The average molecular weight is 298 g/mol. The molecule has 21 heavy (non-hydrogen) atoms. The molecule has 0 spiro atoms. The van der Waals surface area contributed by atoms with Crippen molar-refractivity contribution in [3.63, 3.8) is 0 Å². The zero-order chi connectivity index (χ0) is 14.8. The van der Waals surface area contributed by atoms with Crippen LogP contribution in [0.1, 0.15) is 16.1 Å². The second kappa shape index (κ2) is 5.49. The van der Waals surface area contributed by atoms with Crippen LogP contribution in [0.2, 0.25) is 0 Å². The van der Waals surface area contributed by atoms with Crippen LogP contribution in [0.25, 0.3) is 10.2 Å². The molecule has 6 heteroatoms. The van der Waals surface area contributed by atoms with Gasteiger partial charge in [-0.05, 0) is 36.8 Å². The molecule has 0 atom stereocenters. The molecule has 2 aromatic heterocycles. The standard InChI is InChI=1S/C15H14N4OS/c1-9-6-7-10-12(8-9)21-15(18-10)19-14(20)11-4-3-5-13(16-2)17-11/h3-8H,1-2H3,(H,16,17)(H,18,19,20). The predicted molar refractivity (Wildman–Crippen MR) is 86.1 cm³/mol. The van der Waals surface area contributed by atoms with E-state index in [0.717, 1.165) is 10.2 Å². The molecule has 0 unspecified atom stereocenters. The molecule has 0 fully saturated rings. The largest absolute Gasteiger partial charge is 0.373 e. The number of benzene rings is 1. The normalized spacial score (nSPS) is 10.6. The van der Waals surface area contributed by atoms with E-state index in [1.54, 1.807) is 25.2 Å². The molecule has 106 valence electrons. The Morgan fingerprint density at radius 1 is 1.19 bits per heavy atom. The van der Waals surface area contributed by atoms with Crippen LogP contribution < -0.4 is 10.6 Å². The number of amides is 1. The average Bonchev–Trinajstić information content (AvgIpc) is 2.88. The number of fused-ring (bicyclic) bond motifs is 1. The first-order valence-electron chi connectivity index (χ1n) is 6.49. The number of nitrogens with zero attached hydrogens (tertiary/aromatic N) is 2. The molecule has 3 rings (SSSR count). The third-order valence-electron chi connectivity index (χ3n) is 3.00. The van der Waals surface area contributed by atoms with Gasteiger partial charge in [-0.3, -0.25) is 10.1 Å². The van der Waals surface area contributed by atoms with Gasteiger partial charge in [0, 0.05) is 7.05 Å². The molecule has 5 nitrogen and oxygen atoms in total. The van der Waals surface area contributed by atoms with Crippen molar-refractivity contribution >= 4 is 38.4 Å². The van der Waals surface area contributed by atoms with Crippen LogP contribution in [-0.4, -0.2) is 22.9 Å². The monoisotopic (exact) mass is 298 g/mol. The van der Waals surface area contributed by atoms with E-state index in [1.165, 1.54) is 16.9 Å². The third-order valence-corrected chi connectivity index (χ3v) is 3.94. The Hall–Kier alpha value is -2.47. The molecular formula is C15H14N4OS. The molecule has 0 radical (unpaired) electrons.